The monoisotopic (exact) mass is 394 g/mol. The second-order valence-electron chi connectivity index (χ2n) is 6.99. The van der Waals surface area contributed by atoms with Crippen LogP contribution in [0.1, 0.15) is 25.3 Å². The zero-order valence-corrected chi connectivity index (χ0v) is 16.7. The number of aromatic nitrogens is 1. The standard InChI is InChI=1S/C21H22N4O2S/c1-13-12-15(9-10-17(13)25-11-5-8-19(25)26)23-20(27)14(2)22-21-24-16-6-3-4-7-18(16)28-21/h3-4,6-7,9-10,12,14H,5,8,11H2,1-2H3,(H,22,24)(H,23,27). The van der Waals surface area contributed by atoms with Crippen molar-refractivity contribution in [1.82, 2.24) is 4.98 Å². The summed E-state index contributed by atoms with van der Waals surface area (Å²) in [6.45, 7) is 4.53. The molecule has 1 saturated heterocycles. The maximum atomic E-state index is 12.6. The van der Waals surface area contributed by atoms with Crippen molar-refractivity contribution in [3.8, 4) is 0 Å². The molecule has 28 heavy (non-hydrogen) atoms. The Balaban J connectivity index is 1.42. The zero-order chi connectivity index (χ0) is 19.7. The highest BCUT2D eigenvalue weighted by atomic mass is 32.1. The molecular weight excluding hydrogens is 372 g/mol. The van der Waals surface area contributed by atoms with Gasteiger partial charge in [-0.3, -0.25) is 9.59 Å². The number of nitrogens with zero attached hydrogens (tertiary/aromatic N) is 2. The highest BCUT2D eigenvalue weighted by Gasteiger charge is 2.23. The van der Waals surface area contributed by atoms with Gasteiger partial charge in [-0.25, -0.2) is 4.98 Å². The van der Waals surface area contributed by atoms with E-state index in [1.54, 1.807) is 0 Å². The lowest BCUT2D eigenvalue weighted by Gasteiger charge is -2.19. The van der Waals surface area contributed by atoms with Crippen LogP contribution in [-0.4, -0.2) is 29.4 Å². The fourth-order valence-corrected chi connectivity index (χ4v) is 4.33. The van der Waals surface area contributed by atoms with E-state index in [0.717, 1.165) is 45.3 Å². The number of benzene rings is 2. The molecule has 0 bridgehead atoms. The van der Waals surface area contributed by atoms with Crippen LogP contribution >= 0.6 is 11.3 Å². The van der Waals surface area contributed by atoms with Crippen molar-refractivity contribution in [3.05, 3.63) is 48.0 Å². The molecule has 0 spiro atoms. The van der Waals surface area contributed by atoms with Crippen molar-refractivity contribution in [3.63, 3.8) is 0 Å². The molecule has 0 aliphatic carbocycles. The van der Waals surface area contributed by atoms with Gasteiger partial charge in [0.2, 0.25) is 11.8 Å². The number of para-hydroxylation sites is 1. The highest BCUT2D eigenvalue weighted by molar-refractivity contribution is 7.22. The van der Waals surface area contributed by atoms with Gasteiger partial charge in [-0.15, -0.1) is 0 Å². The number of hydrogen-bond acceptors (Lipinski definition) is 5. The first kappa shape index (κ1) is 18.4. The van der Waals surface area contributed by atoms with E-state index in [2.05, 4.69) is 15.6 Å². The molecule has 1 aliphatic heterocycles. The van der Waals surface area contributed by atoms with Gasteiger partial charge in [-0.1, -0.05) is 23.5 Å². The molecule has 7 heteroatoms. The van der Waals surface area contributed by atoms with Gasteiger partial charge in [0.05, 0.1) is 10.2 Å². The largest absolute Gasteiger partial charge is 0.350 e. The Morgan fingerprint density at radius 1 is 1.25 bits per heavy atom. The number of amides is 2. The zero-order valence-electron chi connectivity index (χ0n) is 15.9. The molecule has 1 aromatic heterocycles. The summed E-state index contributed by atoms with van der Waals surface area (Å²) in [5.41, 5.74) is 3.53. The van der Waals surface area contributed by atoms with Crippen molar-refractivity contribution >= 4 is 49.9 Å². The Bertz CT molecular complexity index is 1010. The van der Waals surface area contributed by atoms with E-state index in [4.69, 9.17) is 0 Å². The fraction of sp³-hybridized carbons (Fsp3) is 0.286. The first-order valence-electron chi connectivity index (χ1n) is 9.35. The van der Waals surface area contributed by atoms with Crippen LogP contribution in [0.25, 0.3) is 10.2 Å². The van der Waals surface area contributed by atoms with Crippen LogP contribution in [0.3, 0.4) is 0 Å². The van der Waals surface area contributed by atoms with E-state index in [1.807, 2.05) is 61.2 Å². The minimum absolute atomic E-state index is 0.136. The third kappa shape index (κ3) is 3.71. The van der Waals surface area contributed by atoms with Crippen molar-refractivity contribution < 1.29 is 9.59 Å². The van der Waals surface area contributed by atoms with Gasteiger partial charge in [0.25, 0.3) is 0 Å². The van der Waals surface area contributed by atoms with Gasteiger partial charge >= 0.3 is 0 Å². The van der Waals surface area contributed by atoms with Gasteiger partial charge in [0, 0.05) is 24.3 Å². The van der Waals surface area contributed by atoms with Gasteiger partial charge in [-0.05, 0) is 56.2 Å². The van der Waals surface area contributed by atoms with Crippen LogP contribution in [0, 0.1) is 6.92 Å². The number of aryl methyl sites for hydroxylation is 1. The van der Waals surface area contributed by atoms with E-state index in [1.165, 1.54) is 11.3 Å². The third-order valence-corrected chi connectivity index (χ3v) is 5.82. The number of nitrogens with one attached hydrogen (secondary N) is 2. The molecule has 2 amide bonds. The second kappa shape index (κ2) is 7.59. The minimum Gasteiger partial charge on any atom is -0.350 e. The summed E-state index contributed by atoms with van der Waals surface area (Å²) >= 11 is 1.53. The lowest BCUT2D eigenvalue weighted by atomic mass is 10.1. The first-order chi connectivity index (χ1) is 13.5. The second-order valence-corrected chi connectivity index (χ2v) is 8.02. The summed E-state index contributed by atoms with van der Waals surface area (Å²) in [6, 6.07) is 13.1. The Hall–Kier alpha value is -2.93. The van der Waals surface area contributed by atoms with Crippen LogP contribution in [0.15, 0.2) is 42.5 Å². The predicted octanol–water partition coefficient (Wildman–Crippen LogP) is 4.17. The molecule has 144 valence electrons. The molecule has 3 aromatic rings. The SMILES string of the molecule is Cc1cc(NC(=O)C(C)Nc2nc3ccccc3s2)ccc1N1CCCC1=O. The topological polar surface area (TPSA) is 74.3 Å². The van der Waals surface area contributed by atoms with E-state index in [9.17, 15) is 9.59 Å². The van der Waals surface area contributed by atoms with E-state index >= 15 is 0 Å². The van der Waals surface area contributed by atoms with E-state index in [-0.39, 0.29) is 11.8 Å². The van der Waals surface area contributed by atoms with E-state index < -0.39 is 6.04 Å². The summed E-state index contributed by atoms with van der Waals surface area (Å²) < 4.78 is 1.08. The predicted molar refractivity (Wildman–Crippen MR) is 114 cm³/mol. The van der Waals surface area contributed by atoms with Gasteiger partial charge in [0.15, 0.2) is 5.13 Å². The molecule has 1 fully saturated rings. The average Bonchev–Trinajstić information content (AvgIpc) is 3.27. The average molecular weight is 395 g/mol. The van der Waals surface area contributed by atoms with Crippen LogP contribution in [0.5, 0.6) is 0 Å². The molecule has 4 rings (SSSR count). The number of carbonyl (C=O) groups is 2. The molecule has 2 heterocycles. The first-order valence-corrected chi connectivity index (χ1v) is 10.2. The smallest absolute Gasteiger partial charge is 0.246 e. The van der Waals surface area contributed by atoms with Crippen molar-refractivity contribution in [1.29, 1.82) is 0 Å². The summed E-state index contributed by atoms with van der Waals surface area (Å²) in [6.07, 6.45) is 1.50. The molecule has 2 N–H and O–H groups in total. The minimum atomic E-state index is -0.430. The number of hydrogen-bond donors (Lipinski definition) is 2. The van der Waals surface area contributed by atoms with Crippen molar-refractivity contribution in [2.75, 3.05) is 22.1 Å². The number of thiazole rings is 1. The molecule has 1 aliphatic rings. The van der Waals surface area contributed by atoms with Crippen LogP contribution in [0.2, 0.25) is 0 Å². The molecular formula is C21H22N4O2S. The number of carbonyl (C=O) groups excluding carboxylic acids is 2. The number of rotatable bonds is 5. The summed E-state index contributed by atoms with van der Waals surface area (Å²) in [7, 11) is 0. The van der Waals surface area contributed by atoms with Crippen LogP contribution < -0.4 is 15.5 Å². The lowest BCUT2D eigenvalue weighted by Crippen LogP contribution is -2.32. The van der Waals surface area contributed by atoms with Gasteiger partial charge in [0.1, 0.15) is 6.04 Å². The van der Waals surface area contributed by atoms with Crippen molar-refractivity contribution in [2.45, 2.75) is 32.7 Å². The lowest BCUT2D eigenvalue weighted by molar-refractivity contribution is -0.117. The summed E-state index contributed by atoms with van der Waals surface area (Å²) in [5.74, 6) is 0.0252. The molecule has 0 radical (unpaired) electrons. The van der Waals surface area contributed by atoms with E-state index in [0.29, 0.717) is 6.42 Å². The Kier molecular flexibility index (Phi) is 5.00. The number of fused-ring (bicyclic) bond motifs is 1. The fourth-order valence-electron chi connectivity index (χ4n) is 3.37. The summed E-state index contributed by atoms with van der Waals surface area (Å²) in [5, 5.41) is 6.83. The molecule has 1 atom stereocenters. The van der Waals surface area contributed by atoms with Gasteiger partial charge in [-0.2, -0.15) is 0 Å². The highest BCUT2D eigenvalue weighted by Crippen LogP contribution is 2.28. The molecule has 1 unspecified atom stereocenters. The third-order valence-electron chi connectivity index (χ3n) is 4.86. The van der Waals surface area contributed by atoms with Crippen molar-refractivity contribution in [2.24, 2.45) is 0 Å². The summed E-state index contributed by atoms with van der Waals surface area (Å²) in [4.78, 5) is 30.9. The Labute approximate surface area is 167 Å². The normalized spacial score (nSPS) is 15.1. The quantitative estimate of drug-likeness (QED) is 0.681. The Morgan fingerprint density at radius 3 is 2.79 bits per heavy atom. The maximum Gasteiger partial charge on any atom is 0.246 e. The molecule has 2 aromatic carbocycles. The Morgan fingerprint density at radius 2 is 2.07 bits per heavy atom. The van der Waals surface area contributed by atoms with Crippen LogP contribution in [0.4, 0.5) is 16.5 Å². The number of anilines is 3. The maximum absolute atomic E-state index is 12.6. The van der Waals surface area contributed by atoms with Crippen LogP contribution in [-0.2, 0) is 9.59 Å². The molecule has 0 saturated carbocycles. The van der Waals surface area contributed by atoms with Gasteiger partial charge < -0.3 is 15.5 Å². The molecule has 6 nitrogen and oxygen atoms in total.